The molecule has 0 amide bonds. The molecule has 1 atom stereocenters. The van der Waals surface area contributed by atoms with E-state index in [1.807, 2.05) is 54.3 Å². The number of anilines is 1. The monoisotopic (exact) mass is 380 g/mol. The van der Waals surface area contributed by atoms with Crippen LogP contribution in [0.5, 0.6) is 0 Å². The van der Waals surface area contributed by atoms with Gasteiger partial charge < -0.3 is 5.73 Å². The van der Waals surface area contributed by atoms with Gasteiger partial charge in [0.25, 0.3) is 0 Å². The lowest BCUT2D eigenvalue weighted by Gasteiger charge is -2.41. The Balaban J connectivity index is 1.84. The van der Waals surface area contributed by atoms with Crippen molar-refractivity contribution in [3.8, 4) is 6.07 Å². The average molecular weight is 380 g/mol. The summed E-state index contributed by atoms with van der Waals surface area (Å²) in [6.07, 6.45) is 2.08. The number of nitrogens with zero attached hydrogens (tertiary/aromatic N) is 3. The summed E-state index contributed by atoms with van der Waals surface area (Å²) in [5.74, 6) is 0.651. The quantitative estimate of drug-likeness (QED) is 0.809. The van der Waals surface area contributed by atoms with Gasteiger partial charge in [0.1, 0.15) is 5.84 Å². The summed E-state index contributed by atoms with van der Waals surface area (Å²) in [6, 6.07) is 18.2. The molecule has 0 aromatic heterocycles. The molecule has 0 fully saturated rings. The van der Waals surface area contributed by atoms with Crippen LogP contribution in [0.2, 0.25) is 0 Å². The number of hydrogen-bond donors (Lipinski definition) is 1. The van der Waals surface area contributed by atoms with Crippen LogP contribution in [0.1, 0.15) is 41.9 Å². The van der Waals surface area contributed by atoms with Crippen LogP contribution in [-0.4, -0.2) is 11.6 Å². The zero-order valence-electron chi connectivity index (χ0n) is 16.1. The number of aryl methyl sites for hydroxylation is 1. The van der Waals surface area contributed by atoms with Crippen molar-refractivity contribution < 1.29 is 4.79 Å². The third-order valence-corrected chi connectivity index (χ3v) is 5.87. The number of fused-ring (bicyclic) bond motifs is 4. The molecular formula is C24H20N4O. The third kappa shape index (κ3) is 2.53. The topological polar surface area (TPSA) is 82.5 Å². The Labute approximate surface area is 169 Å². The summed E-state index contributed by atoms with van der Waals surface area (Å²) in [4.78, 5) is 19.8. The van der Waals surface area contributed by atoms with Gasteiger partial charge in [0.05, 0.1) is 23.2 Å². The highest BCUT2D eigenvalue weighted by Crippen LogP contribution is 2.49. The van der Waals surface area contributed by atoms with Gasteiger partial charge in [-0.15, -0.1) is 0 Å². The molecule has 3 aliphatic rings. The summed E-state index contributed by atoms with van der Waals surface area (Å²) >= 11 is 0. The van der Waals surface area contributed by atoms with E-state index in [1.54, 1.807) is 0 Å². The first-order valence-corrected chi connectivity index (χ1v) is 9.81. The Hall–Kier alpha value is -3.65. The van der Waals surface area contributed by atoms with Crippen LogP contribution < -0.4 is 10.6 Å². The Bertz CT molecular complexity index is 1200. The molecule has 0 bridgehead atoms. The molecule has 5 rings (SSSR count). The number of aliphatic imine (C=N–C) groups is 1. The van der Waals surface area contributed by atoms with Gasteiger partial charge in [-0.1, -0.05) is 42.0 Å². The molecule has 2 aromatic rings. The lowest BCUT2D eigenvalue weighted by Crippen LogP contribution is -2.39. The fourth-order valence-corrected chi connectivity index (χ4v) is 4.66. The van der Waals surface area contributed by atoms with Gasteiger partial charge in [-0.3, -0.25) is 9.69 Å². The number of benzene rings is 2. The highest BCUT2D eigenvalue weighted by Gasteiger charge is 2.42. The van der Waals surface area contributed by atoms with Gasteiger partial charge >= 0.3 is 0 Å². The highest BCUT2D eigenvalue weighted by molar-refractivity contribution is 6.08. The minimum Gasteiger partial charge on any atom is -0.383 e. The van der Waals surface area contributed by atoms with Crippen LogP contribution in [-0.2, 0) is 4.79 Å². The molecule has 2 heterocycles. The van der Waals surface area contributed by atoms with E-state index in [1.165, 1.54) is 0 Å². The molecule has 142 valence electrons. The van der Waals surface area contributed by atoms with E-state index in [4.69, 9.17) is 5.73 Å². The number of rotatable bonds is 1. The molecule has 5 nitrogen and oxygen atoms in total. The van der Waals surface area contributed by atoms with Crippen LogP contribution in [0.4, 0.5) is 5.69 Å². The first-order valence-electron chi connectivity index (χ1n) is 9.81. The van der Waals surface area contributed by atoms with E-state index in [0.29, 0.717) is 23.7 Å². The lowest BCUT2D eigenvalue weighted by atomic mass is 9.75. The number of nitriles is 1. The van der Waals surface area contributed by atoms with Gasteiger partial charge in [0.2, 0.25) is 0 Å². The molecule has 2 N–H and O–H groups in total. The van der Waals surface area contributed by atoms with Crippen molar-refractivity contribution in [3.05, 3.63) is 87.9 Å². The summed E-state index contributed by atoms with van der Waals surface area (Å²) in [7, 11) is 0. The number of nitrogens with two attached hydrogens (primary N) is 1. The zero-order chi connectivity index (χ0) is 20.1. The van der Waals surface area contributed by atoms with E-state index < -0.39 is 5.92 Å². The van der Waals surface area contributed by atoms with E-state index in [-0.39, 0.29) is 5.78 Å². The number of Topliss-reactive ketones (excluding diaryl/α,β-unsaturated/α-hetero) is 1. The number of carbonyl (C=O) groups is 1. The van der Waals surface area contributed by atoms with Crippen LogP contribution in [0.3, 0.4) is 0 Å². The molecule has 0 saturated carbocycles. The molecule has 0 saturated heterocycles. The highest BCUT2D eigenvalue weighted by atomic mass is 16.1. The Morgan fingerprint density at radius 3 is 2.79 bits per heavy atom. The second-order valence-corrected chi connectivity index (χ2v) is 7.68. The SMILES string of the molecule is Cc1cccc([C@@H]2C(C#N)=C3N=C(N)c4ccccc4N3C3=C2C(=O)CCC3)c1. The molecule has 5 heteroatoms. The maximum absolute atomic E-state index is 13.1. The summed E-state index contributed by atoms with van der Waals surface area (Å²) in [5.41, 5.74) is 12.2. The molecule has 0 spiro atoms. The van der Waals surface area contributed by atoms with Crippen molar-refractivity contribution in [2.45, 2.75) is 32.1 Å². The van der Waals surface area contributed by atoms with E-state index in [9.17, 15) is 10.1 Å². The van der Waals surface area contributed by atoms with Crippen LogP contribution in [0.15, 0.2) is 76.2 Å². The third-order valence-electron chi connectivity index (χ3n) is 5.87. The standard InChI is InChI=1S/C24H20N4O/c1-14-6-4-7-15(12-14)21-17(13-25)24-27-23(26)16-8-2-3-9-18(16)28(24)19-10-5-11-20(29)22(19)21/h2-4,6-9,12,21H,5,10-11H2,1H3,(H2,26,27)/t21-/m1/s1. The first-order chi connectivity index (χ1) is 14.1. The van der Waals surface area contributed by atoms with Crippen molar-refractivity contribution in [1.29, 1.82) is 5.26 Å². The van der Waals surface area contributed by atoms with Gasteiger partial charge in [-0.2, -0.15) is 5.26 Å². The second kappa shape index (κ2) is 6.46. The fraction of sp³-hybridized carbons (Fsp3) is 0.208. The van der Waals surface area contributed by atoms with Crippen molar-refractivity contribution in [2.75, 3.05) is 4.90 Å². The Morgan fingerprint density at radius 1 is 1.17 bits per heavy atom. The number of amidine groups is 1. The summed E-state index contributed by atoms with van der Waals surface area (Å²) < 4.78 is 0. The number of carbonyl (C=O) groups excluding carboxylic acids is 1. The van der Waals surface area contributed by atoms with Gasteiger partial charge in [0.15, 0.2) is 11.6 Å². The van der Waals surface area contributed by atoms with Crippen molar-refractivity contribution in [2.24, 2.45) is 10.7 Å². The molecule has 2 aromatic carbocycles. The van der Waals surface area contributed by atoms with Crippen LogP contribution in [0.25, 0.3) is 0 Å². The summed E-state index contributed by atoms with van der Waals surface area (Å²) in [5, 5.41) is 10.2. The Morgan fingerprint density at radius 2 is 2.00 bits per heavy atom. The maximum atomic E-state index is 13.1. The normalized spacial score (nSPS) is 20.6. The van der Waals surface area contributed by atoms with E-state index in [0.717, 1.165) is 46.5 Å². The zero-order valence-corrected chi connectivity index (χ0v) is 16.1. The number of ketones is 1. The molecule has 0 radical (unpaired) electrons. The molecule has 1 aliphatic carbocycles. The minimum atomic E-state index is -0.407. The van der Waals surface area contributed by atoms with Crippen LogP contribution >= 0.6 is 0 Å². The second-order valence-electron chi connectivity index (χ2n) is 7.68. The number of para-hydroxylation sites is 1. The largest absolute Gasteiger partial charge is 0.383 e. The van der Waals surface area contributed by atoms with Crippen molar-refractivity contribution in [1.82, 2.24) is 0 Å². The van der Waals surface area contributed by atoms with Crippen LogP contribution in [0, 0.1) is 18.3 Å². The van der Waals surface area contributed by atoms with Crippen molar-refractivity contribution in [3.63, 3.8) is 0 Å². The predicted molar refractivity (Wildman–Crippen MR) is 112 cm³/mol. The number of hydrogen-bond acceptors (Lipinski definition) is 5. The van der Waals surface area contributed by atoms with E-state index in [2.05, 4.69) is 17.1 Å². The van der Waals surface area contributed by atoms with Gasteiger partial charge in [-0.05, 0) is 37.5 Å². The van der Waals surface area contributed by atoms with Crippen molar-refractivity contribution >= 4 is 17.3 Å². The van der Waals surface area contributed by atoms with E-state index >= 15 is 0 Å². The molecular weight excluding hydrogens is 360 g/mol. The average Bonchev–Trinajstić information content (AvgIpc) is 2.73. The predicted octanol–water partition coefficient (Wildman–Crippen LogP) is 4.06. The molecule has 0 unspecified atom stereocenters. The minimum absolute atomic E-state index is 0.115. The lowest BCUT2D eigenvalue weighted by molar-refractivity contribution is -0.116. The first kappa shape index (κ1) is 17.4. The van der Waals surface area contributed by atoms with Gasteiger partial charge in [0, 0.05) is 23.3 Å². The smallest absolute Gasteiger partial charge is 0.161 e. The molecule has 29 heavy (non-hydrogen) atoms. The summed E-state index contributed by atoms with van der Waals surface area (Å²) in [6.45, 7) is 2.02. The Kier molecular flexibility index (Phi) is 3.88. The fourth-order valence-electron chi connectivity index (χ4n) is 4.66. The maximum Gasteiger partial charge on any atom is 0.161 e. The molecule has 2 aliphatic heterocycles. The number of allylic oxidation sites excluding steroid dienone is 3. The van der Waals surface area contributed by atoms with Gasteiger partial charge in [-0.25, -0.2) is 4.99 Å².